The van der Waals surface area contributed by atoms with E-state index in [1.54, 1.807) is 0 Å². The number of aliphatic carboxylic acids is 3. The summed E-state index contributed by atoms with van der Waals surface area (Å²) in [7, 11) is 0. The van der Waals surface area contributed by atoms with Crippen molar-refractivity contribution in [2.24, 2.45) is 0 Å². The standard InChI is InChI=1S/3C14H26O2.Ho/c3*1-2-3-4-5-6-7-8-9-10-11-12-13-14(15)16;/h3*5-6H,2-4,7-13H2,1H3,(H,15,16);/q;;;+3/p-3/b3*6-5-;. The summed E-state index contributed by atoms with van der Waals surface area (Å²) in [6.07, 6.45) is 45.3. The molecule has 7 heteroatoms. The molecule has 0 N–H and O–H groups in total. The van der Waals surface area contributed by atoms with Gasteiger partial charge in [0.05, 0.1) is 0 Å². The van der Waals surface area contributed by atoms with Crippen LogP contribution in [0.5, 0.6) is 0 Å². The summed E-state index contributed by atoms with van der Waals surface area (Å²) in [6, 6.07) is 0. The molecular formula is C42H75HoO6. The summed E-state index contributed by atoms with van der Waals surface area (Å²) in [5.41, 5.74) is 0. The van der Waals surface area contributed by atoms with Crippen LogP contribution in [0.4, 0.5) is 0 Å². The Balaban J connectivity index is -0.000000307. The van der Waals surface area contributed by atoms with Crippen LogP contribution < -0.4 is 15.3 Å². The van der Waals surface area contributed by atoms with Crippen LogP contribution in [0.3, 0.4) is 0 Å². The van der Waals surface area contributed by atoms with Gasteiger partial charge in [0, 0.05) is 17.9 Å². The van der Waals surface area contributed by atoms with E-state index in [0.717, 1.165) is 57.8 Å². The average molecular weight is 841 g/mol. The molecule has 0 aliphatic heterocycles. The van der Waals surface area contributed by atoms with E-state index in [2.05, 4.69) is 57.2 Å². The first kappa shape index (κ1) is 54.7. The zero-order chi connectivity index (χ0) is 36.2. The molecule has 0 heterocycles. The molecule has 0 bridgehead atoms. The van der Waals surface area contributed by atoms with Gasteiger partial charge in [0.25, 0.3) is 0 Å². The van der Waals surface area contributed by atoms with Crippen LogP contribution in [-0.2, 0) is 14.4 Å². The molecule has 0 aromatic heterocycles. The van der Waals surface area contributed by atoms with Gasteiger partial charge in [0.1, 0.15) is 0 Å². The van der Waals surface area contributed by atoms with Gasteiger partial charge in [-0.3, -0.25) is 0 Å². The van der Waals surface area contributed by atoms with Gasteiger partial charge in [-0.1, -0.05) is 154 Å². The summed E-state index contributed by atoms with van der Waals surface area (Å²) < 4.78 is 0. The molecule has 0 atom stereocenters. The number of unbranched alkanes of at least 4 members (excludes halogenated alkanes) is 21. The van der Waals surface area contributed by atoms with Crippen LogP contribution in [-0.4, -0.2) is 17.9 Å². The second-order valence-electron chi connectivity index (χ2n) is 12.9. The van der Waals surface area contributed by atoms with Crippen molar-refractivity contribution in [3.8, 4) is 0 Å². The maximum atomic E-state index is 10.1. The fraction of sp³-hybridized carbons (Fsp3) is 0.786. The number of hydrogen-bond acceptors (Lipinski definition) is 6. The first-order valence-electron chi connectivity index (χ1n) is 19.9. The second kappa shape index (κ2) is 51.3. The van der Waals surface area contributed by atoms with E-state index in [4.69, 9.17) is 0 Å². The minimum Gasteiger partial charge on any atom is -0.550 e. The van der Waals surface area contributed by atoms with Gasteiger partial charge in [0.15, 0.2) is 0 Å². The third-order valence-electron chi connectivity index (χ3n) is 7.93. The number of rotatable bonds is 33. The molecule has 0 aliphatic rings. The Bertz CT molecular complexity index is 662. The van der Waals surface area contributed by atoms with Crippen molar-refractivity contribution >= 4 is 17.9 Å². The number of carboxylic acids is 3. The number of carboxylic acid groups (broad SMARTS) is 3. The van der Waals surface area contributed by atoms with E-state index in [1.807, 2.05) is 0 Å². The second-order valence-corrected chi connectivity index (χ2v) is 12.9. The first-order valence-corrected chi connectivity index (χ1v) is 19.9. The number of carbonyl (C=O) groups excluding carboxylic acids is 3. The van der Waals surface area contributed by atoms with E-state index >= 15 is 0 Å². The largest absolute Gasteiger partial charge is 3.00 e. The van der Waals surface area contributed by atoms with Crippen LogP contribution in [0.2, 0.25) is 0 Å². The van der Waals surface area contributed by atoms with E-state index in [9.17, 15) is 29.7 Å². The molecule has 6 nitrogen and oxygen atoms in total. The van der Waals surface area contributed by atoms with E-state index < -0.39 is 17.9 Å². The van der Waals surface area contributed by atoms with Crippen molar-refractivity contribution < 1.29 is 67.4 Å². The van der Waals surface area contributed by atoms with Crippen molar-refractivity contribution in [1.82, 2.24) is 0 Å². The third-order valence-corrected chi connectivity index (χ3v) is 7.93. The van der Waals surface area contributed by atoms with Gasteiger partial charge >= 0.3 is 37.7 Å². The molecule has 0 unspecified atom stereocenters. The molecule has 0 saturated heterocycles. The number of hydrogen-bond donors (Lipinski definition) is 0. The summed E-state index contributed by atoms with van der Waals surface area (Å²) in [5, 5.41) is 30.4. The molecule has 290 valence electrons. The summed E-state index contributed by atoms with van der Waals surface area (Å²) in [5.74, 6) is -2.75. The Morgan fingerprint density at radius 3 is 0.714 bits per heavy atom. The maximum Gasteiger partial charge on any atom is 3.00 e. The SMILES string of the molecule is CCCC/C=C\CCCCCCCC(=O)[O-].CCCC/C=C\CCCCCCCC(=O)[O-].CCCC/C=C\CCCCCCCC(=O)[O-].[Ho+3]. The molecule has 0 fully saturated rings. The molecule has 0 radical (unpaired) electrons. The normalized spacial score (nSPS) is 10.8. The molecule has 0 aromatic rings. The minimum atomic E-state index is -0.918. The van der Waals surface area contributed by atoms with Gasteiger partial charge in [0.2, 0.25) is 0 Å². The molecule has 49 heavy (non-hydrogen) atoms. The minimum absolute atomic E-state index is 0. The van der Waals surface area contributed by atoms with Gasteiger partial charge in [-0.25, -0.2) is 0 Å². The molecule has 0 rings (SSSR count). The Labute approximate surface area is 333 Å². The van der Waals surface area contributed by atoms with E-state index in [-0.39, 0.29) is 57.0 Å². The third kappa shape index (κ3) is 65.8. The molecule has 0 aliphatic carbocycles. The van der Waals surface area contributed by atoms with Crippen molar-refractivity contribution in [3.05, 3.63) is 36.5 Å². The molecule has 0 spiro atoms. The average Bonchev–Trinajstić information content (AvgIpc) is 3.05. The zero-order valence-corrected chi connectivity index (χ0v) is 33.9. The fourth-order valence-corrected chi connectivity index (χ4v) is 4.86. The van der Waals surface area contributed by atoms with Crippen molar-refractivity contribution in [2.45, 2.75) is 213 Å². The van der Waals surface area contributed by atoms with Crippen LogP contribution in [0.15, 0.2) is 36.5 Å². The van der Waals surface area contributed by atoms with E-state index in [1.165, 1.54) is 116 Å². The smallest absolute Gasteiger partial charge is 0.550 e. The summed E-state index contributed by atoms with van der Waals surface area (Å²) >= 11 is 0. The molecule has 0 aromatic carbocycles. The fourth-order valence-electron chi connectivity index (χ4n) is 4.86. The number of carbonyl (C=O) groups is 3. The Kier molecular flexibility index (Phi) is 57.2. The topological polar surface area (TPSA) is 120 Å². The van der Waals surface area contributed by atoms with Gasteiger partial charge in [-0.15, -0.1) is 0 Å². The quantitative estimate of drug-likeness (QED) is 0.0369. The van der Waals surface area contributed by atoms with Gasteiger partial charge < -0.3 is 29.7 Å². The maximum absolute atomic E-state index is 10.1. The van der Waals surface area contributed by atoms with Crippen LogP contribution in [0.25, 0.3) is 0 Å². The molecular weight excluding hydrogens is 765 g/mol. The molecule has 0 saturated carbocycles. The van der Waals surface area contributed by atoms with Crippen LogP contribution in [0, 0.1) is 37.7 Å². The Hall–Kier alpha value is -1.11. The van der Waals surface area contributed by atoms with E-state index in [0.29, 0.717) is 0 Å². The predicted octanol–water partition coefficient (Wildman–Crippen LogP) is 9.64. The van der Waals surface area contributed by atoms with Gasteiger partial charge in [-0.2, -0.15) is 0 Å². The van der Waals surface area contributed by atoms with Crippen LogP contribution >= 0.6 is 0 Å². The zero-order valence-electron chi connectivity index (χ0n) is 31.9. The Morgan fingerprint density at radius 2 is 0.510 bits per heavy atom. The first-order chi connectivity index (χ1) is 23.3. The predicted molar refractivity (Wildman–Crippen MR) is 198 cm³/mol. The number of allylic oxidation sites excluding steroid dienone is 6. The van der Waals surface area contributed by atoms with Crippen molar-refractivity contribution in [2.75, 3.05) is 0 Å². The van der Waals surface area contributed by atoms with Gasteiger partial charge in [-0.05, 0) is 96.3 Å². The van der Waals surface area contributed by atoms with Crippen LogP contribution in [0.1, 0.15) is 213 Å². The Morgan fingerprint density at radius 1 is 0.327 bits per heavy atom. The summed E-state index contributed by atoms with van der Waals surface area (Å²) in [6.45, 7) is 6.63. The molecule has 0 amide bonds. The van der Waals surface area contributed by atoms with Crippen molar-refractivity contribution in [1.29, 1.82) is 0 Å². The monoisotopic (exact) mass is 840 g/mol. The van der Waals surface area contributed by atoms with Crippen molar-refractivity contribution in [3.63, 3.8) is 0 Å². The summed E-state index contributed by atoms with van der Waals surface area (Å²) in [4.78, 5) is 30.4.